The molecule has 1 saturated heterocycles. The highest BCUT2D eigenvalue weighted by Gasteiger charge is 2.31. The van der Waals surface area contributed by atoms with Gasteiger partial charge in [0.15, 0.2) is 0 Å². The van der Waals surface area contributed by atoms with Gasteiger partial charge in [-0.1, -0.05) is 6.07 Å². The van der Waals surface area contributed by atoms with Gasteiger partial charge < -0.3 is 14.0 Å². The minimum absolute atomic E-state index is 0.314. The Labute approximate surface area is 132 Å². The van der Waals surface area contributed by atoms with Crippen LogP contribution in [0.4, 0.5) is 0 Å². The lowest BCUT2D eigenvalue weighted by Crippen LogP contribution is -2.23. The molecule has 5 nitrogen and oxygen atoms in total. The van der Waals surface area contributed by atoms with Gasteiger partial charge in [0.25, 0.3) is 0 Å². The average molecular weight is 319 g/mol. The van der Waals surface area contributed by atoms with Gasteiger partial charge in [-0.05, 0) is 31.4 Å². The molecule has 0 N–H and O–H groups in total. The summed E-state index contributed by atoms with van der Waals surface area (Å²) in [5, 5.41) is 2.03. The molecule has 6 heteroatoms. The Morgan fingerprint density at radius 3 is 2.95 bits per heavy atom. The molecule has 3 heterocycles. The van der Waals surface area contributed by atoms with Crippen molar-refractivity contribution in [2.24, 2.45) is 0 Å². The van der Waals surface area contributed by atoms with Crippen molar-refractivity contribution in [1.29, 1.82) is 0 Å². The summed E-state index contributed by atoms with van der Waals surface area (Å²) in [4.78, 5) is 24.9. The Bertz CT molecular complexity index is 702. The molecule has 1 aliphatic rings. The van der Waals surface area contributed by atoms with E-state index in [9.17, 15) is 9.59 Å². The standard InChI is InChI=1S/C16H17NO4S/c1-10-8-13(15(18)21-14-5-6-20-16(14)19)11(2)17(10)9-12-4-3-7-22-12/h3-4,7-8,14H,5-6,9H2,1-2H3/t14-/m0/s1. The van der Waals surface area contributed by atoms with Gasteiger partial charge in [-0.15, -0.1) is 11.3 Å². The van der Waals surface area contributed by atoms with Crippen molar-refractivity contribution in [2.45, 2.75) is 32.9 Å². The Morgan fingerprint density at radius 2 is 2.32 bits per heavy atom. The van der Waals surface area contributed by atoms with Gasteiger partial charge in [0.05, 0.1) is 18.7 Å². The van der Waals surface area contributed by atoms with Crippen molar-refractivity contribution in [3.63, 3.8) is 0 Å². The van der Waals surface area contributed by atoms with Crippen molar-refractivity contribution in [2.75, 3.05) is 6.61 Å². The fourth-order valence-corrected chi connectivity index (χ4v) is 3.28. The zero-order chi connectivity index (χ0) is 15.7. The predicted octanol–water partition coefficient (Wildman–Crippen LogP) is 2.69. The fourth-order valence-electron chi connectivity index (χ4n) is 2.59. The van der Waals surface area contributed by atoms with E-state index < -0.39 is 18.0 Å². The number of hydrogen-bond acceptors (Lipinski definition) is 5. The zero-order valence-corrected chi connectivity index (χ0v) is 13.3. The fraction of sp³-hybridized carbons (Fsp3) is 0.375. The smallest absolute Gasteiger partial charge is 0.347 e. The highest BCUT2D eigenvalue weighted by Crippen LogP contribution is 2.21. The summed E-state index contributed by atoms with van der Waals surface area (Å²) in [7, 11) is 0. The number of thiophene rings is 1. The third kappa shape index (κ3) is 2.78. The number of carbonyl (C=O) groups excluding carboxylic acids is 2. The monoisotopic (exact) mass is 319 g/mol. The molecule has 2 aromatic heterocycles. The minimum atomic E-state index is -0.771. The van der Waals surface area contributed by atoms with E-state index in [-0.39, 0.29) is 0 Å². The van der Waals surface area contributed by atoms with Crippen molar-refractivity contribution in [1.82, 2.24) is 4.57 Å². The van der Waals surface area contributed by atoms with Crippen LogP contribution in [0.1, 0.15) is 33.0 Å². The lowest BCUT2D eigenvalue weighted by molar-refractivity contribution is -0.145. The quantitative estimate of drug-likeness (QED) is 0.813. The predicted molar refractivity (Wildman–Crippen MR) is 82.1 cm³/mol. The summed E-state index contributed by atoms with van der Waals surface area (Å²) in [5.74, 6) is -0.921. The van der Waals surface area contributed by atoms with Crippen LogP contribution in [0.3, 0.4) is 0 Å². The summed E-state index contributed by atoms with van der Waals surface area (Å²) in [6, 6.07) is 5.89. The van der Waals surface area contributed by atoms with E-state index in [0.29, 0.717) is 18.6 Å². The van der Waals surface area contributed by atoms with Crippen LogP contribution in [0, 0.1) is 13.8 Å². The maximum absolute atomic E-state index is 12.3. The van der Waals surface area contributed by atoms with Crippen molar-refractivity contribution >= 4 is 23.3 Å². The second-order valence-electron chi connectivity index (χ2n) is 5.30. The zero-order valence-electron chi connectivity index (χ0n) is 12.5. The molecule has 0 radical (unpaired) electrons. The molecule has 0 bridgehead atoms. The first-order chi connectivity index (χ1) is 10.6. The van der Waals surface area contributed by atoms with Crippen molar-refractivity contribution in [3.8, 4) is 0 Å². The molecule has 0 aromatic carbocycles. The van der Waals surface area contributed by atoms with Gasteiger partial charge in [-0.25, -0.2) is 9.59 Å². The van der Waals surface area contributed by atoms with E-state index in [0.717, 1.165) is 17.9 Å². The summed E-state index contributed by atoms with van der Waals surface area (Å²) in [6.45, 7) is 4.90. The topological polar surface area (TPSA) is 57.5 Å². The van der Waals surface area contributed by atoms with Gasteiger partial charge in [0.2, 0.25) is 6.10 Å². The second-order valence-corrected chi connectivity index (χ2v) is 6.33. The first-order valence-corrected chi connectivity index (χ1v) is 8.01. The lowest BCUT2D eigenvalue weighted by Gasteiger charge is -2.10. The molecule has 0 amide bonds. The van der Waals surface area contributed by atoms with E-state index >= 15 is 0 Å². The number of aryl methyl sites for hydroxylation is 1. The SMILES string of the molecule is Cc1cc(C(=O)O[C@H]2CCOC2=O)c(C)n1Cc1cccs1. The van der Waals surface area contributed by atoms with Crippen LogP contribution >= 0.6 is 11.3 Å². The molecule has 1 aliphatic heterocycles. The van der Waals surface area contributed by atoms with Crippen LogP contribution in [0.5, 0.6) is 0 Å². The van der Waals surface area contributed by atoms with Crippen molar-refractivity contribution in [3.05, 3.63) is 45.4 Å². The molecule has 0 saturated carbocycles. The van der Waals surface area contributed by atoms with E-state index in [1.54, 1.807) is 11.3 Å². The number of esters is 2. The molecule has 2 aromatic rings. The Hall–Kier alpha value is -2.08. The van der Waals surface area contributed by atoms with E-state index in [1.165, 1.54) is 4.88 Å². The van der Waals surface area contributed by atoms with Gasteiger partial charge in [-0.3, -0.25) is 0 Å². The molecule has 116 valence electrons. The van der Waals surface area contributed by atoms with E-state index in [1.807, 2.05) is 31.4 Å². The maximum Gasteiger partial charge on any atom is 0.347 e. The maximum atomic E-state index is 12.3. The largest absolute Gasteiger partial charge is 0.463 e. The number of nitrogens with zero attached hydrogens (tertiary/aromatic N) is 1. The number of carbonyl (C=O) groups is 2. The third-order valence-electron chi connectivity index (χ3n) is 3.82. The second kappa shape index (κ2) is 5.96. The number of hydrogen-bond donors (Lipinski definition) is 0. The van der Waals surface area contributed by atoms with E-state index in [2.05, 4.69) is 10.6 Å². The molecular weight excluding hydrogens is 302 g/mol. The third-order valence-corrected chi connectivity index (χ3v) is 4.69. The molecule has 22 heavy (non-hydrogen) atoms. The Kier molecular flexibility index (Phi) is 4.02. The summed E-state index contributed by atoms with van der Waals surface area (Å²) < 4.78 is 12.2. The van der Waals surface area contributed by atoms with Gasteiger partial charge in [0, 0.05) is 22.7 Å². The van der Waals surface area contributed by atoms with Crippen LogP contribution in [-0.2, 0) is 20.8 Å². The number of cyclic esters (lactones) is 1. The Balaban J connectivity index is 1.79. The number of aromatic nitrogens is 1. The molecular formula is C16H17NO4S. The van der Waals surface area contributed by atoms with Crippen LogP contribution in [0.15, 0.2) is 23.6 Å². The van der Waals surface area contributed by atoms with Gasteiger partial charge in [-0.2, -0.15) is 0 Å². The van der Waals surface area contributed by atoms with E-state index in [4.69, 9.17) is 9.47 Å². The lowest BCUT2D eigenvalue weighted by atomic mass is 10.2. The van der Waals surface area contributed by atoms with Gasteiger partial charge in [0.1, 0.15) is 0 Å². The summed E-state index contributed by atoms with van der Waals surface area (Å²) in [6.07, 6.45) is -0.341. The van der Waals surface area contributed by atoms with Crippen molar-refractivity contribution < 1.29 is 19.1 Å². The molecule has 0 unspecified atom stereocenters. The highest BCUT2D eigenvalue weighted by molar-refractivity contribution is 7.09. The van der Waals surface area contributed by atoms with Crippen LogP contribution in [0.25, 0.3) is 0 Å². The summed E-state index contributed by atoms with van der Waals surface area (Å²) in [5.41, 5.74) is 2.35. The molecule has 1 fully saturated rings. The molecule has 0 spiro atoms. The van der Waals surface area contributed by atoms with Crippen LogP contribution < -0.4 is 0 Å². The number of rotatable bonds is 4. The normalized spacial score (nSPS) is 17.5. The van der Waals surface area contributed by atoms with Gasteiger partial charge >= 0.3 is 11.9 Å². The minimum Gasteiger partial charge on any atom is -0.463 e. The first-order valence-electron chi connectivity index (χ1n) is 7.13. The first kappa shape index (κ1) is 14.8. The highest BCUT2D eigenvalue weighted by atomic mass is 32.1. The molecule has 3 rings (SSSR count). The average Bonchev–Trinajstić information content (AvgIpc) is 3.18. The van der Waals surface area contributed by atoms with Crippen LogP contribution in [-0.4, -0.2) is 29.2 Å². The molecule has 0 aliphatic carbocycles. The Morgan fingerprint density at radius 1 is 1.50 bits per heavy atom. The number of ether oxygens (including phenoxy) is 2. The molecule has 1 atom stereocenters. The van der Waals surface area contributed by atoms with Crippen LogP contribution in [0.2, 0.25) is 0 Å². The summed E-state index contributed by atoms with van der Waals surface area (Å²) >= 11 is 1.68.